The summed E-state index contributed by atoms with van der Waals surface area (Å²) >= 11 is 0. The average Bonchev–Trinajstić information content (AvgIpc) is 3.13. The van der Waals surface area contributed by atoms with Gasteiger partial charge in [0, 0.05) is 20.1 Å². The first-order valence-electron chi connectivity index (χ1n) is 10.4. The lowest BCUT2D eigenvalue weighted by molar-refractivity contribution is 0.0775. The van der Waals surface area contributed by atoms with Crippen LogP contribution in [-0.4, -0.2) is 46.5 Å². The number of aromatic nitrogens is 2. The molecular formula is C22H30N4O3. The Kier molecular flexibility index (Phi) is 6.90. The molecule has 2 aromatic rings. The molecule has 7 heteroatoms. The van der Waals surface area contributed by atoms with E-state index in [0.29, 0.717) is 42.7 Å². The molecule has 0 saturated heterocycles. The Labute approximate surface area is 172 Å². The zero-order valence-corrected chi connectivity index (χ0v) is 17.5. The number of para-hydroxylation sites is 2. The van der Waals surface area contributed by atoms with Crippen LogP contribution in [0.25, 0.3) is 0 Å². The van der Waals surface area contributed by atoms with Crippen molar-refractivity contribution in [2.75, 3.05) is 25.5 Å². The van der Waals surface area contributed by atoms with E-state index in [0.717, 1.165) is 37.8 Å². The van der Waals surface area contributed by atoms with E-state index in [1.54, 1.807) is 18.0 Å². The number of nitrogens with zero attached hydrogens (tertiary/aromatic N) is 3. The number of imidazole rings is 1. The van der Waals surface area contributed by atoms with Crippen LogP contribution >= 0.6 is 0 Å². The summed E-state index contributed by atoms with van der Waals surface area (Å²) in [6, 6.07) is 7.33. The molecule has 2 amide bonds. The topological polar surface area (TPSA) is 76.5 Å². The highest BCUT2D eigenvalue weighted by atomic mass is 16.5. The lowest BCUT2D eigenvalue weighted by atomic mass is 10.1. The number of carbonyl (C=O) groups is 2. The number of nitrogens with one attached hydrogen (secondary N) is 1. The maximum atomic E-state index is 13.1. The molecule has 29 heavy (non-hydrogen) atoms. The third-order valence-electron chi connectivity index (χ3n) is 5.15. The summed E-state index contributed by atoms with van der Waals surface area (Å²) in [5.41, 5.74) is 1.78. The second kappa shape index (κ2) is 9.58. The average molecular weight is 399 g/mol. The van der Waals surface area contributed by atoms with E-state index in [-0.39, 0.29) is 11.8 Å². The highest BCUT2D eigenvalue weighted by molar-refractivity contribution is 6.05. The van der Waals surface area contributed by atoms with Gasteiger partial charge in [-0.3, -0.25) is 9.59 Å². The van der Waals surface area contributed by atoms with Crippen molar-refractivity contribution >= 4 is 17.5 Å². The van der Waals surface area contributed by atoms with Crippen molar-refractivity contribution in [3.8, 4) is 5.75 Å². The summed E-state index contributed by atoms with van der Waals surface area (Å²) in [6.07, 6.45) is 4.67. The molecule has 1 aliphatic rings. The van der Waals surface area contributed by atoms with Gasteiger partial charge in [-0.15, -0.1) is 0 Å². The minimum absolute atomic E-state index is 0.129. The molecule has 0 unspecified atom stereocenters. The molecule has 1 aromatic heterocycles. The molecule has 156 valence electrons. The number of benzene rings is 1. The molecule has 7 nitrogen and oxygen atoms in total. The minimum atomic E-state index is -0.307. The normalized spacial score (nSPS) is 12.9. The van der Waals surface area contributed by atoms with Gasteiger partial charge >= 0.3 is 0 Å². The SMILES string of the molecule is CCCCN(C)C(=O)c1nc(C(=O)Nc2ccccc2OCC)c2n1CCCC2. The fourth-order valence-corrected chi connectivity index (χ4v) is 3.59. The van der Waals surface area contributed by atoms with Crippen molar-refractivity contribution in [2.24, 2.45) is 0 Å². The largest absolute Gasteiger partial charge is 0.492 e. The number of rotatable bonds is 8. The van der Waals surface area contributed by atoms with E-state index in [4.69, 9.17) is 4.74 Å². The molecule has 1 aromatic carbocycles. The number of fused-ring (bicyclic) bond motifs is 1. The third-order valence-corrected chi connectivity index (χ3v) is 5.15. The zero-order chi connectivity index (χ0) is 20.8. The molecule has 0 bridgehead atoms. The predicted octanol–water partition coefficient (Wildman–Crippen LogP) is 3.74. The smallest absolute Gasteiger partial charge is 0.289 e. The second-order valence-electron chi connectivity index (χ2n) is 7.30. The van der Waals surface area contributed by atoms with Crippen LogP contribution in [0.3, 0.4) is 0 Å². The lowest BCUT2D eigenvalue weighted by Gasteiger charge is -2.20. The quantitative estimate of drug-likeness (QED) is 0.735. The van der Waals surface area contributed by atoms with E-state index < -0.39 is 0 Å². The van der Waals surface area contributed by atoms with Crippen LogP contribution in [-0.2, 0) is 13.0 Å². The first-order valence-corrected chi connectivity index (χ1v) is 10.4. The number of hydrogen-bond donors (Lipinski definition) is 1. The summed E-state index contributed by atoms with van der Waals surface area (Å²) < 4.78 is 7.53. The monoisotopic (exact) mass is 398 g/mol. The predicted molar refractivity (Wildman–Crippen MR) is 113 cm³/mol. The molecule has 0 fully saturated rings. The van der Waals surface area contributed by atoms with Crippen LogP contribution in [0, 0.1) is 0 Å². The summed E-state index contributed by atoms with van der Waals surface area (Å²) in [7, 11) is 1.79. The lowest BCUT2D eigenvalue weighted by Crippen LogP contribution is -2.31. The van der Waals surface area contributed by atoms with Crippen molar-refractivity contribution in [2.45, 2.75) is 52.5 Å². The number of hydrogen-bond acceptors (Lipinski definition) is 4. The van der Waals surface area contributed by atoms with Crippen LogP contribution in [0.4, 0.5) is 5.69 Å². The molecule has 1 aliphatic heterocycles. The molecule has 0 spiro atoms. The molecule has 2 heterocycles. The van der Waals surface area contributed by atoms with Gasteiger partial charge in [-0.2, -0.15) is 0 Å². The number of ether oxygens (including phenoxy) is 1. The molecule has 0 radical (unpaired) electrons. The number of carbonyl (C=O) groups excluding carboxylic acids is 2. The Morgan fingerprint density at radius 1 is 1.24 bits per heavy atom. The highest BCUT2D eigenvalue weighted by Crippen LogP contribution is 2.26. The van der Waals surface area contributed by atoms with Crippen LogP contribution in [0.5, 0.6) is 5.75 Å². The van der Waals surface area contributed by atoms with Gasteiger partial charge in [-0.05, 0) is 44.7 Å². The van der Waals surface area contributed by atoms with Crippen LogP contribution in [0.15, 0.2) is 24.3 Å². The molecule has 3 rings (SSSR count). The maximum absolute atomic E-state index is 13.1. The zero-order valence-electron chi connectivity index (χ0n) is 17.5. The summed E-state index contributed by atoms with van der Waals surface area (Å²) in [6.45, 7) is 5.90. The Morgan fingerprint density at radius 3 is 2.79 bits per heavy atom. The van der Waals surface area contributed by atoms with Gasteiger partial charge in [0.15, 0.2) is 11.5 Å². The molecular weight excluding hydrogens is 368 g/mol. The van der Waals surface area contributed by atoms with Crippen molar-refractivity contribution in [1.29, 1.82) is 0 Å². The van der Waals surface area contributed by atoms with Crippen LogP contribution in [0.1, 0.15) is 66.3 Å². The van der Waals surface area contributed by atoms with Gasteiger partial charge in [-0.25, -0.2) is 4.98 Å². The fourth-order valence-electron chi connectivity index (χ4n) is 3.59. The Hall–Kier alpha value is -2.83. The van der Waals surface area contributed by atoms with E-state index in [1.807, 2.05) is 29.7 Å². The Morgan fingerprint density at radius 2 is 2.03 bits per heavy atom. The molecule has 1 N–H and O–H groups in total. The maximum Gasteiger partial charge on any atom is 0.289 e. The van der Waals surface area contributed by atoms with Crippen LogP contribution < -0.4 is 10.1 Å². The van der Waals surface area contributed by atoms with Gasteiger partial charge in [0.1, 0.15) is 5.75 Å². The fraction of sp³-hybridized carbons (Fsp3) is 0.500. The number of unbranched alkanes of at least 4 members (excludes halogenated alkanes) is 1. The summed E-state index contributed by atoms with van der Waals surface area (Å²) in [4.78, 5) is 32.2. The van der Waals surface area contributed by atoms with Crippen molar-refractivity contribution < 1.29 is 14.3 Å². The second-order valence-corrected chi connectivity index (χ2v) is 7.30. The van der Waals surface area contributed by atoms with Gasteiger partial charge in [0.25, 0.3) is 11.8 Å². The van der Waals surface area contributed by atoms with Gasteiger partial charge in [0.2, 0.25) is 0 Å². The van der Waals surface area contributed by atoms with E-state index in [2.05, 4.69) is 17.2 Å². The van der Waals surface area contributed by atoms with Gasteiger partial charge in [-0.1, -0.05) is 25.5 Å². The number of amides is 2. The first kappa shape index (κ1) is 20.9. The molecule has 0 saturated carbocycles. The van der Waals surface area contributed by atoms with E-state index in [1.165, 1.54) is 0 Å². The molecule has 0 aliphatic carbocycles. The van der Waals surface area contributed by atoms with Crippen LogP contribution in [0.2, 0.25) is 0 Å². The van der Waals surface area contributed by atoms with Gasteiger partial charge in [0.05, 0.1) is 18.0 Å². The van der Waals surface area contributed by atoms with E-state index in [9.17, 15) is 9.59 Å². The van der Waals surface area contributed by atoms with Gasteiger partial charge < -0.3 is 19.5 Å². The highest BCUT2D eigenvalue weighted by Gasteiger charge is 2.29. The van der Waals surface area contributed by atoms with E-state index >= 15 is 0 Å². The Balaban J connectivity index is 1.89. The van der Waals surface area contributed by atoms with Crippen molar-refractivity contribution in [1.82, 2.24) is 14.5 Å². The minimum Gasteiger partial charge on any atom is -0.492 e. The summed E-state index contributed by atoms with van der Waals surface area (Å²) in [5.74, 6) is 0.544. The van der Waals surface area contributed by atoms with Crippen molar-refractivity contribution in [3.63, 3.8) is 0 Å². The molecule has 0 atom stereocenters. The number of anilines is 1. The third kappa shape index (κ3) is 4.60. The summed E-state index contributed by atoms with van der Waals surface area (Å²) in [5, 5.41) is 2.91. The first-order chi connectivity index (χ1) is 14.1. The Bertz CT molecular complexity index is 875. The van der Waals surface area contributed by atoms with Crippen molar-refractivity contribution in [3.05, 3.63) is 41.5 Å². The standard InChI is InChI=1S/C22H30N4O3/c1-4-6-14-25(3)22(28)20-24-19(17-12-9-10-15-26(17)20)21(27)23-16-11-7-8-13-18(16)29-5-2/h7-8,11,13H,4-6,9-10,12,14-15H2,1-3H3,(H,23,27).